The average Bonchev–Trinajstić information content (AvgIpc) is 2.86. The van der Waals surface area contributed by atoms with Crippen LogP contribution in [0.5, 0.6) is 5.75 Å². The van der Waals surface area contributed by atoms with Gasteiger partial charge in [0.2, 0.25) is 5.82 Å². The van der Waals surface area contributed by atoms with Gasteiger partial charge in [0.1, 0.15) is 0 Å². The number of benzene rings is 1. The molecule has 0 aliphatic heterocycles. The molecule has 0 saturated heterocycles. The predicted octanol–water partition coefficient (Wildman–Crippen LogP) is 8.55. The number of allylic oxidation sites excluding steroid dienone is 2. The van der Waals surface area contributed by atoms with E-state index < -0.39 is 11.6 Å². The molecule has 2 saturated carbocycles. The van der Waals surface area contributed by atoms with Crippen molar-refractivity contribution in [1.29, 1.82) is 0 Å². The Morgan fingerprint density at radius 3 is 2.26 bits per heavy atom. The zero-order valence-corrected chi connectivity index (χ0v) is 20.7. The van der Waals surface area contributed by atoms with Crippen LogP contribution in [-0.4, -0.2) is 11.6 Å². The van der Waals surface area contributed by atoms with Gasteiger partial charge < -0.3 is 4.74 Å². The van der Waals surface area contributed by atoms with Crippen molar-refractivity contribution in [3.63, 3.8) is 0 Å². The SMILES string of the molecule is CCOc1ccc(-c2ccc(CC/C=C/C3CCC(C4CCC(C)CC4)CC3)nc2)c(F)c1F. The lowest BCUT2D eigenvalue weighted by atomic mass is 9.69. The van der Waals surface area contributed by atoms with E-state index >= 15 is 0 Å². The van der Waals surface area contributed by atoms with E-state index in [1.165, 1.54) is 57.4 Å². The van der Waals surface area contributed by atoms with Gasteiger partial charge in [-0.05, 0) is 100 Å². The van der Waals surface area contributed by atoms with Crippen LogP contribution in [0.25, 0.3) is 11.1 Å². The Morgan fingerprint density at radius 2 is 1.62 bits per heavy atom. The monoisotopic (exact) mass is 467 g/mol. The summed E-state index contributed by atoms with van der Waals surface area (Å²) in [7, 11) is 0. The fourth-order valence-electron chi connectivity index (χ4n) is 5.84. The lowest BCUT2D eigenvalue weighted by Crippen LogP contribution is -2.24. The molecule has 2 fully saturated rings. The minimum Gasteiger partial charge on any atom is -0.491 e. The maximum absolute atomic E-state index is 14.5. The fraction of sp³-hybridized carbons (Fsp3) is 0.567. The summed E-state index contributed by atoms with van der Waals surface area (Å²) in [5.74, 6) is 1.73. The molecule has 1 aromatic carbocycles. The summed E-state index contributed by atoms with van der Waals surface area (Å²) in [6, 6.07) is 6.75. The fourth-order valence-corrected chi connectivity index (χ4v) is 5.84. The molecule has 4 rings (SSSR count). The molecule has 1 heterocycles. The Labute approximate surface area is 203 Å². The van der Waals surface area contributed by atoms with Crippen LogP contribution in [0.2, 0.25) is 0 Å². The van der Waals surface area contributed by atoms with E-state index in [-0.39, 0.29) is 11.3 Å². The smallest absolute Gasteiger partial charge is 0.201 e. The standard InChI is InChI=1S/C30H39F2NO/c1-3-34-28-19-18-27(29(31)30(28)32)25-16-17-26(33-20-25)7-5-4-6-22-10-14-24(15-11-22)23-12-8-21(2)9-13-23/h4,6,16-24H,3,5,7-15H2,1-2H3/b6-4+. The van der Waals surface area contributed by atoms with Crippen LogP contribution in [0.15, 0.2) is 42.6 Å². The normalized spacial score (nSPS) is 25.5. The number of aromatic nitrogens is 1. The van der Waals surface area contributed by atoms with Crippen molar-refractivity contribution in [1.82, 2.24) is 4.98 Å². The number of hydrogen-bond acceptors (Lipinski definition) is 2. The summed E-state index contributed by atoms with van der Waals surface area (Å²) in [4.78, 5) is 4.48. The van der Waals surface area contributed by atoms with Crippen LogP contribution >= 0.6 is 0 Å². The molecule has 2 aliphatic carbocycles. The minimum absolute atomic E-state index is 0.0581. The van der Waals surface area contributed by atoms with Gasteiger partial charge in [-0.25, -0.2) is 4.39 Å². The summed E-state index contributed by atoms with van der Waals surface area (Å²) in [6.45, 7) is 4.44. The van der Waals surface area contributed by atoms with Crippen LogP contribution < -0.4 is 4.74 Å². The van der Waals surface area contributed by atoms with Gasteiger partial charge in [-0.1, -0.05) is 38.0 Å². The zero-order chi connectivity index (χ0) is 23.9. The molecular weight excluding hydrogens is 428 g/mol. The third kappa shape index (κ3) is 6.25. The average molecular weight is 468 g/mol. The summed E-state index contributed by atoms with van der Waals surface area (Å²) in [5, 5.41) is 0. The van der Waals surface area contributed by atoms with E-state index in [1.807, 2.05) is 12.1 Å². The second-order valence-electron chi connectivity index (χ2n) is 10.4. The lowest BCUT2D eigenvalue weighted by molar-refractivity contribution is 0.160. The minimum atomic E-state index is -0.948. The van der Waals surface area contributed by atoms with Crippen molar-refractivity contribution in [2.45, 2.75) is 78.1 Å². The van der Waals surface area contributed by atoms with Gasteiger partial charge >= 0.3 is 0 Å². The molecule has 0 radical (unpaired) electrons. The highest BCUT2D eigenvalue weighted by Crippen LogP contribution is 2.41. The van der Waals surface area contributed by atoms with Crippen molar-refractivity contribution in [3.05, 3.63) is 59.9 Å². The van der Waals surface area contributed by atoms with E-state index in [0.717, 1.165) is 42.2 Å². The van der Waals surface area contributed by atoms with Gasteiger partial charge in [0.15, 0.2) is 11.6 Å². The highest BCUT2D eigenvalue weighted by atomic mass is 19.2. The van der Waals surface area contributed by atoms with Crippen molar-refractivity contribution in [2.75, 3.05) is 6.61 Å². The molecule has 0 amide bonds. The molecule has 2 aromatic rings. The molecule has 0 spiro atoms. The van der Waals surface area contributed by atoms with Crippen LogP contribution in [0, 0.1) is 35.3 Å². The quantitative estimate of drug-likeness (QED) is 0.363. The molecule has 0 bridgehead atoms. The first-order valence-electron chi connectivity index (χ1n) is 13.3. The Balaban J connectivity index is 1.23. The Kier molecular flexibility index (Phi) is 8.74. The molecule has 4 heteroatoms. The second kappa shape index (κ2) is 12.0. The lowest BCUT2D eigenvalue weighted by Gasteiger charge is -2.36. The van der Waals surface area contributed by atoms with E-state index in [4.69, 9.17) is 4.74 Å². The number of rotatable bonds is 8. The molecule has 0 N–H and O–H groups in total. The number of pyridine rings is 1. The van der Waals surface area contributed by atoms with Crippen molar-refractivity contribution < 1.29 is 13.5 Å². The molecule has 2 aliphatic rings. The number of nitrogens with zero attached hydrogens (tertiary/aromatic N) is 1. The van der Waals surface area contributed by atoms with E-state index in [9.17, 15) is 8.78 Å². The van der Waals surface area contributed by atoms with Crippen molar-refractivity contribution in [3.8, 4) is 16.9 Å². The molecule has 34 heavy (non-hydrogen) atoms. The van der Waals surface area contributed by atoms with Gasteiger partial charge in [-0.3, -0.25) is 4.98 Å². The summed E-state index contributed by atoms with van der Waals surface area (Å²) in [6.07, 6.45) is 19.4. The number of ether oxygens (including phenoxy) is 1. The summed E-state index contributed by atoms with van der Waals surface area (Å²) >= 11 is 0. The largest absolute Gasteiger partial charge is 0.491 e. The van der Waals surface area contributed by atoms with Crippen molar-refractivity contribution >= 4 is 0 Å². The Hall–Kier alpha value is -2.23. The topological polar surface area (TPSA) is 22.1 Å². The van der Waals surface area contributed by atoms with Gasteiger partial charge in [0.25, 0.3) is 0 Å². The van der Waals surface area contributed by atoms with E-state index in [1.54, 1.807) is 19.2 Å². The Bertz CT molecular complexity index is 939. The van der Waals surface area contributed by atoms with Crippen LogP contribution in [-0.2, 0) is 6.42 Å². The zero-order valence-electron chi connectivity index (χ0n) is 20.7. The molecule has 2 nitrogen and oxygen atoms in total. The molecule has 0 unspecified atom stereocenters. The third-order valence-corrected chi connectivity index (χ3v) is 8.00. The van der Waals surface area contributed by atoms with Crippen LogP contribution in [0.4, 0.5) is 8.78 Å². The maximum atomic E-state index is 14.5. The molecule has 1 aromatic heterocycles. The third-order valence-electron chi connectivity index (χ3n) is 8.00. The predicted molar refractivity (Wildman–Crippen MR) is 135 cm³/mol. The maximum Gasteiger partial charge on any atom is 0.201 e. The van der Waals surface area contributed by atoms with Crippen LogP contribution in [0.1, 0.15) is 77.3 Å². The molecule has 0 atom stereocenters. The van der Waals surface area contributed by atoms with Gasteiger partial charge in [-0.15, -0.1) is 0 Å². The first kappa shape index (κ1) is 24.9. The first-order valence-corrected chi connectivity index (χ1v) is 13.3. The number of hydrogen-bond donors (Lipinski definition) is 0. The second-order valence-corrected chi connectivity index (χ2v) is 10.4. The number of aryl methyl sites for hydroxylation is 1. The van der Waals surface area contributed by atoms with Gasteiger partial charge in [-0.2, -0.15) is 4.39 Å². The molecular formula is C30H39F2NO. The number of halogens is 2. The first-order chi connectivity index (χ1) is 16.5. The molecule has 184 valence electrons. The van der Waals surface area contributed by atoms with Gasteiger partial charge in [0.05, 0.1) is 6.61 Å². The van der Waals surface area contributed by atoms with Crippen molar-refractivity contribution in [2.24, 2.45) is 23.7 Å². The van der Waals surface area contributed by atoms with E-state index in [0.29, 0.717) is 12.2 Å². The highest BCUT2D eigenvalue weighted by Gasteiger charge is 2.29. The van der Waals surface area contributed by atoms with Crippen LogP contribution in [0.3, 0.4) is 0 Å². The summed E-state index contributed by atoms with van der Waals surface area (Å²) < 4.78 is 33.8. The Morgan fingerprint density at radius 1 is 0.912 bits per heavy atom. The van der Waals surface area contributed by atoms with E-state index in [2.05, 4.69) is 24.1 Å². The highest BCUT2D eigenvalue weighted by molar-refractivity contribution is 5.64. The van der Waals surface area contributed by atoms with Gasteiger partial charge in [0, 0.05) is 23.0 Å². The summed E-state index contributed by atoms with van der Waals surface area (Å²) in [5.41, 5.74) is 1.75.